The van der Waals surface area contributed by atoms with Gasteiger partial charge in [0.25, 0.3) is 5.56 Å². The highest BCUT2D eigenvalue weighted by Gasteiger charge is 2.11. The molecule has 5 nitrogen and oxygen atoms in total. The first-order valence-corrected chi connectivity index (χ1v) is 11.1. The Morgan fingerprint density at radius 3 is 2.32 bits per heavy atom. The van der Waals surface area contributed by atoms with Crippen LogP contribution in [0.5, 0.6) is 11.5 Å². The second-order valence-corrected chi connectivity index (χ2v) is 8.31. The Labute approximate surface area is 191 Å². The van der Waals surface area contributed by atoms with Crippen LogP contribution < -0.4 is 15.0 Å². The molecule has 1 aromatic heterocycles. The predicted molar refractivity (Wildman–Crippen MR) is 124 cm³/mol. The summed E-state index contributed by atoms with van der Waals surface area (Å²) in [5, 5.41) is 0.970. The number of pyridine rings is 1. The van der Waals surface area contributed by atoms with Crippen LogP contribution in [0.1, 0.15) is 18.4 Å². The lowest BCUT2D eigenvalue weighted by Gasteiger charge is -2.15. The summed E-state index contributed by atoms with van der Waals surface area (Å²) in [7, 11) is 0. The standard InChI is InChI=1S/C24H24Cl2N2O3/c25-22-8-3-18(15-23(22)26)17-31-21-9-12-28(24(29)16-21)19-4-6-20(7-5-19)30-14-13-27-10-1-2-11-27/h3-9,12,15-16H,1-2,10-11,13-14,17H2. The van der Waals surface area contributed by atoms with Crippen LogP contribution in [0, 0.1) is 0 Å². The van der Waals surface area contributed by atoms with Crippen molar-refractivity contribution in [3.63, 3.8) is 0 Å². The molecule has 1 fully saturated rings. The maximum absolute atomic E-state index is 12.6. The van der Waals surface area contributed by atoms with Crippen LogP contribution in [0.4, 0.5) is 0 Å². The molecule has 0 aliphatic carbocycles. The highest BCUT2D eigenvalue weighted by molar-refractivity contribution is 6.42. The van der Waals surface area contributed by atoms with E-state index in [4.69, 9.17) is 32.7 Å². The summed E-state index contributed by atoms with van der Waals surface area (Å²) < 4.78 is 13.1. The van der Waals surface area contributed by atoms with Crippen molar-refractivity contribution in [2.75, 3.05) is 26.2 Å². The summed E-state index contributed by atoms with van der Waals surface area (Å²) in [6.45, 7) is 4.25. The summed E-state index contributed by atoms with van der Waals surface area (Å²) in [4.78, 5) is 15.0. The molecule has 1 aliphatic heterocycles. The molecule has 162 valence electrons. The molecule has 4 rings (SSSR count). The maximum Gasteiger partial charge on any atom is 0.258 e. The average Bonchev–Trinajstić information content (AvgIpc) is 3.29. The van der Waals surface area contributed by atoms with Gasteiger partial charge in [-0.2, -0.15) is 0 Å². The number of likely N-dealkylation sites (tertiary alicyclic amines) is 1. The topological polar surface area (TPSA) is 43.7 Å². The van der Waals surface area contributed by atoms with E-state index in [1.807, 2.05) is 30.3 Å². The van der Waals surface area contributed by atoms with Crippen LogP contribution in [0.3, 0.4) is 0 Å². The highest BCUT2D eigenvalue weighted by atomic mass is 35.5. The van der Waals surface area contributed by atoms with E-state index in [1.54, 1.807) is 29.0 Å². The zero-order valence-electron chi connectivity index (χ0n) is 17.1. The molecule has 0 unspecified atom stereocenters. The molecular weight excluding hydrogens is 435 g/mol. The Morgan fingerprint density at radius 2 is 1.61 bits per heavy atom. The maximum atomic E-state index is 12.6. The van der Waals surface area contributed by atoms with Crippen LogP contribution in [0.25, 0.3) is 5.69 Å². The molecule has 0 amide bonds. The molecule has 0 radical (unpaired) electrons. The lowest BCUT2D eigenvalue weighted by Crippen LogP contribution is -2.25. The van der Waals surface area contributed by atoms with Gasteiger partial charge in [-0.1, -0.05) is 29.3 Å². The molecular formula is C24H24Cl2N2O3. The lowest BCUT2D eigenvalue weighted by atomic mass is 10.2. The first-order chi connectivity index (χ1) is 15.1. The monoisotopic (exact) mass is 458 g/mol. The molecule has 0 N–H and O–H groups in total. The molecule has 0 bridgehead atoms. The molecule has 0 saturated carbocycles. The van der Waals surface area contributed by atoms with E-state index < -0.39 is 0 Å². The van der Waals surface area contributed by atoms with Crippen LogP contribution in [-0.4, -0.2) is 35.7 Å². The molecule has 0 spiro atoms. The van der Waals surface area contributed by atoms with Gasteiger partial charge in [-0.3, -0.25) is 14.3 Å². The average molecular weight is 459 g/mol. The van der Waals surface area contributed by atoms with Gasteiger partial charge in [0.1, 0.15) is 24.7 Å². The fourth-order valence-electron chi connectivity index (χ4n) is 3.56. The van der Waals surface area contributed by atoms with Crippen molar-refractivity contribution in [3.8, 4) is 17.2 Å². The number of ether oxygens (including phenoxy) is 2. The van der Waals surface area contributed by atoms with Gasteiger partial charge in [0, 0.05) is 24.5 Å². The number of hydrogen-bond donors (Lipinski definition) is 0. The third-order valence-corrected chi connectivity index (χ3v) is 6.01. The Morgan fingerprint density at radius 1 is 0.839 bits per heavy atom. The van der Waals surface area contributed by atoms with Crippen molar-refractivity contribution in [1.82, 2.24) is 9.47 Å². The van der Waals surface area contributed by atoms with Crippen LogP contribution >= 0.6 is 23.2 Å². The second-order valence-electron chi connectivity index (χ2n) is 7.50. The number of hydrogen-bond acceptors (Lipinski definition) is 4. The van der Waals surface area contributed by atoms with Gasteiger partial charge in [0.2, 0.25) is 0 Å². The van der Waals surface area contributed by atoms with Gasteiger partial charge in [-0.15, -0.1) is 0 Å². The SMILES string of the molecule is O=c1cc(OCc2ccc(Cl)c(Cl)c2)ccn1-c1ccc(OCCN2CCCC2)cc1. The Kier molecular flexibility index (Phi) is 7.17. The molecule has 2 aromatic carbocycles. The molecule has 1 aliphatic rings. The summed E-state index contributed by atoms with van der Waals surface area (Å²) >= 11 is 12.0. The normalized spacial score (nSPS) is 14.0. The van der Waals surface area contributed by atoms with E-state index in [1.165, 1.54) is 32.0 Å². The molecule has 31 heavy (non-hydrogen) atoms. The van der Waals surface area contributed by atoms with E-state index in [0.29, 0.717) is 29.0 Å². The quantitative estimate of drug-likeness (QED) is 0.465. The lowest BCUT2D eigenvalue weighted by molar-refractivity contribution is 0.238. The smallest absolute Gasteiger partial charge is 0.258 e. The van der Waals surface area contributed by atoms with E-state index >= 15 is 0 Å². The summed E-state index contributed by atoms with van der Waals surface area (Å²) in [6.07, 6.45) is 4.27. The second kappa shape index (κ2) is 10.2. The van der Waals surface area contributed by atoms with Crippen LogP contribution in [0.15, 0.2) is 65.6 Å². The summed E-state index contributed by atoms with van der Waals surface area (Å²) in [5.74, 6) is 1.30. The third-order valence-electron chi connectivity index (χ3n) is 5.27. The van der Waals surface area contributed by atoms with Crippen molar-refractivity contribution in [2.45, 2.75) is 19.4 Å². The number of halogens is 2. The minimum atomic E-state index is -0.172. The predicted octanol–water partition coefficient (Wildman–Crippen LogP) is 5.20. The molecule has 0 atom stereocenters. The molecule has 7 heteroatoms. The van der Waals surface area contributed by atoms with Crippen molar-refractivity contribution >= 4 is 23.2 Å². The van der Waals surface area contributed by atoms with Gasteiger partial charge in [0.05, 0.1) is 10.0 Å². The first-order valence-electron chi connectivity index (χ1n) is 10.3. The number of nitrogens with zero attached hydrogens (tertiary/aromatic N) is 2. The molecule has 3 aromatic rings. The van der Waals surface area contributed by atoms with Gasteiger partial charge >= 0.3 is 0 Å². The Bertz CT molecular complexity index is 1080. The van der Waals surface area contributed by atoms with Gasteiger partial charge < -0.3 is 9.47 Å². The zero-order valence-corrected chi connectivity index (χ0v) is 18.6. The Balaban J connectivity index is 1.34. The fourth-order valence-corrected chi connectivity index (χ4v) is 3.88. The first kappa shape index (κ1) is 21.8. The molecule has 2 heterocycles. The van der Waals surface area contributed by atoms with E-state index in [-0.39, 0.29) is 5.56 Å². The number of aromatic nitrogens is 1. The Hall–Kier alpha value is -2.47. The van der Waals surface area contributed by atoms with Gasteiger partial charge in [-0.25, -0.2) is 0 Å². The minimum Gasteiger partial charge on any atom is -0.492 e. The van der Waals surface area contributed by atoms with E-state index in [2.05, 4.69) is 4.90 Å². The van der Waals surface area contributed by atoms with Crippen molar-refractivity contribution in [3.05, 3.63) is 86.8 Å². The number of rotatable bonds is 8. The van der Waals surface area contributed by atoms with Gasteiger partial charge in [0.15, 0.2) is 0 Å². The van der Waals surface area contributed by atoms with Gasteiger partial charge in [-0.05, 0) is 74.0 Å². The number of benzene rings is 2. The molecule has 1 saturated heterocycles. The summed E-state index contributed by atoms with van der Waals surface area (Å²) in [6, 6.07) is 16.1. The minimum absolute atomic E-state index is 0.172. The zero-order chi connectivity index (χ0) is 21.6. The fraction of sp³-hybridized carbons (Fsp3) is 0.292. The highest BCUT2D eigenvalue weighted by Crippen LogP contribution is 2.23. The van der Waals surface area contributed by atoms with E-state index in [0.717, 1.165) is 23.5 Å². The van der Waals surface area contributed by atoms with Crippen molar-refractivity contribution in [1.29, 1.82) is 0 Å². The van der Waals surface area contributed by atoms with Crippen LogP contribution in [-0.2, 0) is 6.61 Å². The third kappa shape index (κ3) is 5.82. The van der Waals surface area contributed by atoms with Crippen molar-refractivity contribution in [2.24, 2.45) is 0 Å². The summed E-state index contributed by atoms with van der Waals surface area (Å²) in [5.41, 5.74) is 1.47. The van der Waals surface area contributed by atoms with Crippen LogP contribution in [0.2, 0.25) is 10.0 Å². The van der Waals surface area contributed by atoms with E-state index in [9.17, 15) is 4.79 Å². The van der Waals surface area contributed by atoms with Crippen molar-refractivity contribution < 1.29 is 9.47 Å². The largest absolute Gasteiger partial charge is 0.492 e.